The van der Waals surface area contributed by atoms with Crippen LogP contribution in [0.3, 0.4) is 0 Å². The zero-order chi connectivity index (χ0) is 20.6. The summed E-state index contributed by atoms with van der Waals surface area (Å²) in [6.07, 6.45) is 0. The van der Waals surface area contributed by atoms with Crippen molar-refractivity contribution in [1.82, 2.24) is 19.2 Å². The highest BCUT2D eigenvalue weighted by molar-refractivity contribution is 7.89. The van der Waals surface area contributed by atoms with Crippen LogP contribution in [-0.4, -0.2) is 53.8 Å². The number of benzene rings is 2. The van der Waals surface area contributed by atoms with Crippen molar-refractivity contribution in [3.05, 3.63) is 68.7 Å². The Morgan fingerprint density at radius 1 is 1.00 bits per heavy atom. The van der Waals surface area contributed by atoms with Crippen molar-refractivity contribution in [3.8, 4) is 0 Å². The molecule has 0 spiro atoms. The molecule has 10 heteroatoms. The van der Waals surface area contributed by atoms with Crippen LogP contribution in [0.5, 0.6) is 0 Å². The van der Waals surface area contributed by atoms with Crippen LogP contribution in [0.1, 0.15) is 5.82 Å². The molecule has 1 N–H and O–H groups in total. The highest BCUT2D eigenvalue weighted by atomic mass is 35.5. The maximum absolute atomic E-state index is 12.8. The van der Waals surface area contributed by atoms with Crippen LogP contribution in [0.15, 0.2) is 52.2 Å². The third-order valence-electron chi connectivity index (χ3n) is 4.85. The van der Waals surface area contributed by atoms with Gasteiger partial charge in [0.05, 0.1) is 22.3 Å². The molecule has 0 unspecified atom stereocenters. The Labute approximate surface area is 177 Å². The van der Waals surface area contributed by atoms with E-state index in [9.17, 15) is 13.2 Å². The first-order valence-electron chi connectivity index (χ1n) is 8.99. The summed E-state index contributed by atoms with van der Waals surface area (Å²) in [4.78, 5) is 21.8. The largest absolute Gasteiger partial charge is 0.309 e. The fourth-order valence-corrected chi connectivity index (χ4v) is 5.25. The van der Waals surface area contributed by atoms with E-state index < -0.39 is 10.0 Å². The molecule has 1 saturated heterocycles. The van der Waals surface area contributed by atoms with E-state index in [1.165, 1.54) is 10.4 Å². The van der Waals surface area contributed by atoms with Crippen molar-refractivity contribution in [3.63, 3.8) is 0 Å². The molecule has 4 rings (SSSR count). The first kappa shape index (κ1) is 20.3. The molecular weight excluding hydrogens is 435 g/mol. The maximum atomic E-state index is 12.8. The van der Waals surface area contributed by atoms with Crippen molar-refractivity contribution < 1.29 is 8.42 Å². The van der Waals surface area contributed by atoms with Crippen molar-refractivity contribution in [2.75, 3.05) is 26.2 Å². The number of hydrogen-bond acceptors (Lipinski definition) is 5. The number of sulfonamides is 1. The van der Waals surface area contributed by atoms with E-state index in [4.69, 9.17) is 23.2 Å². The van der Waals surface area contributed by atoms with Gasteiger partial charge in [-0.1, -0.05) is 29.3 Å². The summed E-state index contributed by atoms with van der Waals surface area (Å²) in [5, 5.41) is 1.31. The van der Waals surface area contributed by atoms with Gasteiger partial charge in [0, 0.05) is 36.2 Å². The van der Waals surface area contributed by atoms with E-state index >= 15 is 0 Å². The topological polar surface area (TPSA) is 86.4 Å². The molecule has 1 aliphatic heterocycles. The summed E-state index contributed by atoms with van der Waals surface area (Å²) < 4.78 is 27.1. The summed E-state index contributed by atoms with van der Waals surface area (Å²) in [7, 11) is -3.58. The quantitative estimate of drug-likeness (QED) is 0.657. The van der Waals surface area contributed by atoms with E-state index in [1.54, 1.807) is 36.4 Å². The van der Waals surface area contributed by atoms with Crippen LogP contribution in [-0.2, 0) is 16.6 Å². The van der Waals surface area contributed by atoms with E-state index in [1.807, 2.05) is 0 Å². The Balaban J connectivity index is 1.46. The fraction of sp³-hybridized carbons (Fsp3) is 0.263. The van der Waals surface area contributed by atoms with Gasteiger partial charge in [-0.2, -0.15) is 4.31 Å². The number of H-pyrrole nitrogens is 1. The number of rotatable bonds is 4. The summed E-state index contributed by atoms with van der Waals surface area (Å²) in [5.74, 6) is 0.538. The highest BCUT2D eigenvalue weighted by Gasteiger charge is 2.28. The van der Waals surface area contributed by atoms with Gasteiger partial charge in [0.15, 0.2) is 0 Å². The van der Waals surface area contributed by atoms with Gasteiger partial charge in [0.25, 0.3) is 5.56 Å². The minimum atomic E-state index is -3.58. The van der Waals surface area contributed by atoms with E-state index in [0.29, 0.717) is 59.5 Å². The predicted molar refractivity (Wildman–Crippen MR) is 113 cm³/mol. The van der Waals surface area contributed by atoms with Gasteiger partial charge in [-0.3, -0.25) is 9.69 Å². The summed E-state index contributed by atoms with van der Waals surface area (Å²) >= 11 is 11.9. The monoisotopic (exact) mass is 452 g/mol. The average Bonchev–Trinajstić information content (AvgIpc) is 2.69. The lowest BCUT2D eigenvalue weighted by Gasteiger charge is -2.33. The molecular formula is C19H18Cl2N4O3S. The molecule has 2 heterocycles. The van der Waals surface area contributed by atoms with Gasteiger partial charge in [0.2, 0.25) is 10.0 Å². The Kier molecular flexibility index (Phi) is 5.63. The number of aromatic amines is 1. The molecule has 3 aromatic rings. The number of nitrogens with one attached hydrogen (secondary N) is 1. The van der Waals surface area contributed by atoms with Gasteiger partial charge in [-0.05, 0) is 36.4 Å². The fourth-order valence-electron chi connectivity index (χ4n) is 3.35. The van der Waals surface area contributed by atoms with Crippen LogP contribution in [0, 0.1) is 0 Å². The van der Waals surface area contributed by atoms with Crippen LogP contribution in [0.2, 0.25) is 10.0 Å². The molecule has 152 valence electrons. The molecule has 0 saturated carbocycles. The lowest BCUT2D eigenvalue weighted by atomic mass is 10.2. The highest BCUT2D eigenvalue weighted by Crippen LogP contribution is 2.21. The molecule has 0 aliphatic carbocycles. The predicted octanol–water partition coefficient (Wildman–Crippen LogP) is 2.74. The molecule has 29 heavy (non-hydrogen) atoms. The number of nitrogens with zero attached hydrogens (tertiary/aromatic N) is 3. The van der Waals surface area contributed by atoms with Gasteiger partial charge in [-0.25, -0.2) is 13.4 Å². The molecule has 1 aliphatic rings. The molecule has 1 fully saturated rings. The normalized spacial score (nSPS) is 16.3. The number of aromatic nitrogens is 2. The van der Waals surface area contributed by atoms with Gasteiger partial charge >= 0.3 is 0 Å². The van der Waals surface area contributed by atoms with Crippen molar-refractivity contribution in [2.45, 2.75) is 11.4 Å². The Bertz CT molecular complexity index is 1220. The zero-order valence-electron chi connectivity index (χ0n) is 15.3. The van der Waals surface area contributed by atoms with Gasteiger partial charge < -0.3 is 4.98 Å². The van der Waals surface area contributed by atoms with E-state index in [-0.39, 0.29) is 10.5 Å². The summed E-state index contributed by atoms with van der Waals surface area (Å²) in [6, 6.07) is 11.3. The number of halogens is 2. The van der Waals surface area contributed by atoms with Crippen molar-refractivity contribution in [1.29, 1.82) is 0 Å². The van der Waals surface area contributed by atoms with Gasteiger partial charge in [-0.15, -0.1) is 0 Å². The number of fused-ring (bicyclic) bond motifs is 1. The lowest BCUT2D eigenvalue weighted by Crippen LogP contribution is -2.48. The minimum Gasteiger partial charge on any atom is -0.309 e. The van der Waals surface area contributed by atoms with Crippen LogP contribution in [0.4, 0.5) is 0 Å². The summed E-state index contributed by atoms with van der Waals surface area (Å²) in [5.41, 5.74) is 0.338. The third-order valence-corrected chi connectivity index (χ3v) is 7.22. The van der Waals surface area contributed by atoms with E-state index in [0.717, 1.165) is 0 Å². The van der Waals surface area contributed by atoms with Crippen LogP contribution < -0.4 is 5.56 Å². The molecule has 0 atom stereocenters. The Morgan fingerprint density at radius 2 is 1.72 bits per heavy atom. The molecule has 0 radical (unpaired) electrons. The van der Waals surface area contributed by atoms with E-state index in [2.05, 4.69) is 14.9 Å². The second kappa shape index (κ2) is 8.04. The SMILES string of the molecule is O=c1[nH]c(CN2CCN(S(=O)(=O)c3cccc(Cl)c3)CC2)nc2ccc(Cl)cc12. The molecule has 0 bridgehead atoms. The molecule has 2 aromatic carbocycles. The molecule has 1 aromatic heterocycles. The smallest absolute Gasteiger partial charge is 0.258 e. The Hall–Kier alpha value is -1.97. The number of hydrogen-bond donors (Lipinski definition) is 1. The third kappa shape index (κ3) is 4.31. The Morgan fingerprint density at radius 3 is 2.45 bits per heavy atom. The number of piperazine rings is 1. The summed E-state index contributed by atoms with van der Waals surface area (Å²) in [6.45, 7) is 2.19. The van der Waals surface area contributed by atoms with Crippen molar-refractivity contribution in [2.24, 2.45) is 0 Å². The standard InChI is InChI=1S/C19H18Cl2N4O3S/c20-13-2-1-3-15(10-13)29(27,28)25-8-6-24(7-9-25)12-18-22-17-5-4-14(21)11-16(17)19(26)23-18/h1-5,10-11H,6-9,12H2,(H,22,23,26). The van der Waals surface area contributed by atoms with Crippen molar-refractivity contribution >= 4 is 44.1 Å². The second-order valence-electron chi connectivity index (χ2n) is 6.81. The minimum absolute atomic E-state index is 0.192. The average molecular weight is 453 g/mol. The molecule has 0 amide bonds. The first-order valence-corrected chi connectivity index (χ1v) is 11.2. The lowest BCUT2D eigenvalue weighted by molar-refractivity contribution is 0.178. The van der Waals surface area contributed by atoms with Crippen LogP contribution >= 0.6 is 23.2 Å². The molecule has 7 nitrogen and oxygen atoms in total. The first-order chi connectivity index (χ1) is 13.8. The van der Waals surface area contributed by atoms with Gasteiger partial charge in [0.1, 0.15) is 5.82 Å². The van der Waals surface area contributed by atoms with Crippen LogP contribution in [0.25, 0.3) is 10.9 Å². The maximum Gasteiger partial charge on any atom is 0.258 e. The second-order valence-corrected chi connectivity index (χ2v) is 9.62. The zero-order valence-corrected chi connectivity index (χ0v) is 17.6.